The first kappa shape index (κ1) is 17.4. The molecular weight excluding hydrogens is 352 g/mol. The summed E-state index contributed by atoms with van der Waals surface area (Å²) in [6, 6.07) is 10.2. The maximum Gasteiger partial charge on any atom is 0.243 e. The van der Waals surface area contributed by atoms with Gasteiger partial charge in [-0.1, -0.05) is 12.1 Å². The Hall–Kier alpha value is -2.73. The lowest BCUT2D eigenvalue weighted by Crippen LogP contribution is -2.49. The molecule has 2 aromatic rings. The first-order chi connectivity index (χ1) is 13.7. The standard InChI is InChI=1S/C22H24N4O2/c27-20(15-6-9-23-10-7-15)5-2-11-25-12-8-19-17(13-25)16-3-1-4-18-22(16)26(19)14-21(28)24-18/h1,3-4,6-7,9-10,17,19H,2,5,8,11-14H2,(H,24,28). The molecule has 4 heterocycles. The highest BCUT2D eigenvalue weighted by Gasteiger charge is 2.44. The monoisotopic (exact) mass is 376 g/mol. The molecule has 1 aromatic carbocycles. The highest BCUT2D eigenvalue weighted by molar-refractivity contribution is 6.03. The Morgan fingerprint density at radius 1 is 1.21 bits per heavy atom. The van der Waals surface area contributed by atoms with E-state index in [0.717, 1.165) is 43.7 Å². The number of fused-ring (bicyclic) bond motifs is 3. The van der Waals surface area contributed by atoms with Crippen molar-refractivity contribution in [3.8, 4) is 0 Å². The smallest absolute Gasteiger partial charge is 0.243 e. The Kier molecular flexibility index (Phi) is 4.36. The van der Waals surface area contributed by atoms with E-state index in [1.54, 1.807) is 24.5 Å². The number of rotatable bonds is 5. The number of pyridine rings is 1. The molecule has 1 N–H and O–H groups in total. The lowest BCUT2D eigenvalue weighted by Gasteiger charge is -2.39. The fraction of sp³-hybridized carbons (Fsp3) is 0.409. The number of aromatic nitrogens is 1. The summed E-state index contributed by atoms with van der Waals surface area (Å²) >= 11 is 0. The van der Waals surface area contributed by atoms with Crippen LogP contribution in [0.15, 0.2) is 42.7 Å². The van der Waals surface area contributed by atoms with Crippen molar-refractivity contribution in [1.29, 1.82) is 0 Å². The number of ketones is 1. The van der Waals surface area contributed by atoms with Crippen molar-refractivity contribution in [2.75, 3.05) is 36.4 Å². The predicted octanol–water partition coefficient (Wildman–Crippen LogP) is 2.67. The quantitative estimate of drug-likeness (QED) is 0.813. The summed E-state index contributed by atoms with van der Waals surface area (Å²) in [6.45, 7) is 3.42. The predicted molar refractivity (Wildman–Crippen MR) is 108 cm³/mol. The number of anilines is 2. The molecule has 2 atom stereocenters. The van der Waals surface area contributed by atoms with Gasteiger partial charge in [0.05, 0.1) is 17.9 Å². The molecule has 0 saturated carbocycles. The molecule has 1 aromatic heterocycles. The second-order valence-electron chi connectivity index (χ2n) is 7.95. The molecule has 6 nitrogen and oxygen atoms in total. The molecule has 1 fully saturated rings. The van der Waals surface area contributed by atoms with Gasteiger partial charge in [-0.2, -0.15) is 0 Å². The number of nitrogens with zero attached hydrogens (tertiary/aromatic N) is 3. The third-order valence-electron chi connectivity index (χ3n) is 6.28. The molecule has 3 aliphatic rings. The third kappa shape index (κ3) is 2.98. The topological polar surface area (TPSA) is 65.5 Å². The van der Waals surface area contributed by atoms with Crippen LogP contribution in [0.1, 0.15) is 41.1 Å². The van der Waals surface area contributed by atoms with Crippen molar-refractivity contribution in [2.24, 2.45) is 0 Å². The van der Waals surface area contributed by atoms with Gasteiger partial charge in [-0.25, -0.2) is 0 Å². The minimum absolute atomic E-state index is 0.0855. The molecule has 0 radical (unpaired) electrons. The number of amides is 1. The molecule has 28 heavy (non-hydrogen) atoms. The zero-order chi connectivity index (χ0) is 19.1. The van der Waals surface area contributed by atoms with E-state index in [1.165, 1.54) is 11.3 Å². The SMILES string of the molecule is O=C1CN2c3c(cccc3C3CN(CCCC(=O)c4ccncc4)CCC32)N1. The van der Waals surface area contributed by atoms with E-state index < -0.39 is 0 Å². The van der Waals surface area contributed by atoms with E-state index in [1.807, 2.05) is 12.1 Å². The summed E-state index contributed by atoms with van der Waals surface area (Å²) in [6.07, 6.45) is 5.84. The van der Waals surface area contributed by atoms with E-state index in [9.17, 15) is 9.59 Å². The second-order valence-corrected chi connectivity index (χ2v) is 7.95. The van der Waals surface area contributed by atoms with Crippen LogP contribution in [0.3, 0.4) is 0 Å². The third-order valence-corrected chi connectivity index (χ3v) is 6.28. The van der Waals surface area contributed by atoms with E-state index in [4.69, 9.17) is 0 Å². The molecule has 0 aliphatic carbocycles. The Morgan fingerprint density at radius 3 is 2.93 bits per heavy atom. The van der Waals surface area contributed by atoms with Gasteiger partial charge < -0.3 is 15.1 Å². The van der Waals surface area contributed by atoms with Crippen molar-refractivity contribution in [3.05, 3.63) is 53.9 Å². The van der Waals surface area contributed by atoms with Crippen LogP contribution in [0.4, 0.5) is 11.4 Å². The Balaban J connectivity index is 1.24. The number of benzene rings is 1. The summed E-state index contributed by atoms with van der Waals surface area (Å²) in [5.41, 5.74) is 4.29. The Morgan fingerprint density at radius 2 is 2.07 bits per heavy atom. The minimum atomic E-state index is 0.0855. The largest absolute Gasteiger partial charge is 0.357 e. The minimum Gasteiger partial charge on any atom is -0.357 e. The van der Waals surface area contributed by atoms with Crippen molar-refractivity contribution in [1.82, 2.24) is 9.88 Å². The first-order valence-corrected chi connectivity index (χ1v) is 10.1. The summed E-state index contributed by atoms with van der Waals surface area (Å²) < 4.78 is 0. The zero-order valence-electron chi connectivity index (χ0n) is 15.8. The molecule has 6 heteroatoms. The maximum atomic E-state index is 12.3. The van der Waals surface area contributed by atoms with E-state index in [0.29, 0.717) is 24.9 Å². The number of carbonyl (C=O) groups is 2. The number of hydrogen-bond donors (Lipinski definition) is 1. The van der Waals surface area contributed by atoms with Crippen LogP contribution in [-0.4, -0.2) is 53.8 Å². The number of likely N-dealkylation sites (tertiary alicyclic amines) is 1. The fourth-order valence-corrected chi connectivity index (χ4v) is 5.02. The van der Waals surface area contributed by atoms with E-state index >= 15 is 0 Å². The molecule has 3 aliphatic heterocycles. The number of carbonyl (C=O) groups excluding carboxylic acids is 2. The molecular formula is C22H24N4O2. The Bertz CT molecular complexity index is 914. The number of nitrogens with one attached hydrogen (secondary N) is 1. The number of para-hydroxylation sites is 1. The van der Waals surface area contributed by atoms with Gasteiger partial charge in [0.1, 0.15) is 0 Å². The van der Waals surface area contributed by atoms with Gasteiger partial charge in [-0.3, -0.25) is 14.6 Å². The highest BCUT2D eigenvalue weighted by Crippen LogP contribution is 2.49. The number of piperidine rings is 1. The lowest BCUT2D eigenvalue weighted by molar-refractivity contribution is -0.115. The zero-order valence-corrected chi connectivity index (χ0v) is 15.8. The van der Waals surface area contributed by atoms with Gasteiger partial charge in [0.25, 0.3) is 0 Å². The van der Waals surface area contributed by atoms with Crippen molar-refractivity contribution >= 4 is 23.1 Å². The number of Topliss-reactive ketones (excluding diaryl/α,β-unsaturated/α-hetero) is 1. The van der Waals surface area contributed by atoms with Crippen LogP contribution in [-0.2, 0) is 4.79 Å². The van der Waals surface area contributed by atoms with E-state index in [2.05, 4.69) is 26.2 Å². The van der Waals surface area contributed by atoms with Gasteiger partial charge in [0.2, 0.25) is 5.91 Å². The average Bonchev–Trinajstić information content (AvgIpc) is 3.03. The first-order valence-electron chi connectivity index (χ1n) is 10.1. The van der Waals surface area contributed by atoms with Gasteiger partial charge >= 0.3 is 0 Å². The molecule has 0 bridgehead atoms. The van der Waals surface area contributed by atoms with Gasteiger partial charge in [0, 0.05) is 49.4 Å². The fourth-order valence-electron chi connectivity index (χ4n) is 5.02. The van der Waals surface area contributed by atoms with Gasteiger partial charge in [-0.05, 0) is 43.1 Å². The summed E-state index contributed by atoms with van der Waals surface area (Å²) in [7, 11) is 0. The summed E-state index contributed by atoms with van der Waals surface area (Å²) in [4.78, 5) is 33.1. The molecule has 144 valence electrons. The van der Waals surface area contributed by atoms with Crippen molar-refractivity contribution in [3.63, 3.8) is 0 Å². The summed E-state index contributed by atoms with van der Waals surface area (Å²) in [5, 5.41) is 3.02. The normalized spacial score (nSPS) is 23.1. The molecule has 1 amide bonds. The van der Waals surface area contributed by atoms with Crippen LogP contribution < -0.4 is 10.2 Å². The molecule has 5 rings (SSSR count). The molecule has 1 saturated heterocycles. The maximum absolute atomic E-state index is 12.3. The second kappa shape index (κ2) is 7.02. The van der Waals surface area contributed by atoms with E-state index in [-0.39, 0.29) is 11.7 Å². The van der Waals surface area contributed by atoms with Crippen LogP contribution in [0, 0.1) is 0 Å². The molecule has 0 spiro atoms. The van der Waals surface area contributed by atoms with Gasteiger partial charge in [0.15, 0.2) is 5.78 Å². The Labute approximate surface area is 164 Å². The summed E-state index contributed by atoms with van der Waals surface area (Å²) in [5.74, 6) is 0.712. The van der Waals surface area contributed by atoms with Crippen molar-refractivity contribution < 1.29 is 9.59 Å². The van der Waals surface area contributed by atoms with Gasteiger partial charge in [-0.15, -0.1) is 0 Å². The lowest BCUT2D eigenvalue weighted by atomic mass is 9.89. The average molecular weight is 376 g/mol. The van der Waals surface area contributed by atoms with Crippen LogP contribution in [0.2, 0.25) is 0 Å². The van der Waals surface area contributed by atoms with Crippen molar-refractivity contribution in [2.45, 2.75) is 31.2 Å². The molecule has 2 unspecified atom stereocenters. The number of hydrogen-bond acceptors (Lipinski definition) is 5. The van der Waals surface area contributed by atoms with Crippen LogP contribution in [0.5, 0.6) is 0 Å². The van der Waals surface area contributed by atoms with Crippen LogP contribution in [0.25, 0.3) is 0 Å². The van der Waals surface area contributed by atoms with Crippen LogP contribution >= 0.6 is 0 Å². The highest BCUT2D eigenvalue weighted by atomic mass is 16.2.